The van der Waals surface area contributed by atoms with Crippen LogP contribution in [-0.2, 0) is 0 Å². The summed E-state index contributed by atoms with van der Waals surface area (Å²) in [5.41, 5.74) is 2.66. The molecule has 2 rings (SSSR count). The second kappa shape index (κ2) is 5.24. The van der Waals surface area contributed by atoms with Gasteiger partial charge in [0.15, 0.2) is 0 Å². The van der Waals surface area contributed by atoms with E-state index >= 15 is 0 Å². The molecule has 2 heteroatoms. The van der Waals surface area contributed by atoms with Gasteiger partial charge in [-0.1, -0.05) is 0 Å². The zero-order valence-corrected chi connectivity index (χ0v) is 13.1. The van der Waals surface area contributed by atoms with Crippen LogP contribution in [0.2, 0.25) is 0 Å². The van der Waals surface area contributed by atoms with Gasteiger partial charge in [-0.3, -0.25) is 0 Å². The van der Waals surface area contributed by atoms with Crippen LogP contribution in [0, 0.1) is 13.8 Å². The number of benzene rings is 2. The Morgan fingerprint density at radius 3 is 1.50 bits per heavy atom. The Morgan fingerprint density at radius 1 is 0.750 bits per heavy atom. The predicted octanol–water partition coefficient (Wildman–Crippen LogP) is 2.65. The maximum absolute atomic E-state index is 6.74. The van der Waals surface area contributed by atoms with E-state index in [4.69, 9.17) is 8.92 Å². The van der Waals surface area contributed by atoms with Crippen molar-refractivity contribution in [3.05, 3.63) is 59.7 Å². The van der Waals surface area contributed by atoms with Crippen molar-refractivity contribution in [1.82, 2.24) is 0 Å². The van der Waals surface area contributed by atoms with Crippen LogP contribution in [-0.4, -0.2) is 18.6 Å². The molecule has 0 spiro atoms. The maximum atomic E-state index is 6.74. The number of hydrogen-bond acceptors (Lipinski definition) is 0. The van der Waals surface area contributed by atoms with Gasteiger partial charge < -0.3 is 0 Å². The molecular weight excluding hydrogens is 322 g/mol. The first kappa shape index (κ1) is 12.0. The normalized spacial score (nSPS) is 10.8. The van der Waals surface area contributed by atoms with Crippen LogP contribution in [0.5, 0.6) is 0 Å². The minimum absolute atomic E-state index is 1.33. The Hall–Kier alpha value is -0.471. The van der Waals surface area contributed by atoms with Gasteiger partial charge in [-0.15, -0.1) is 0 Å². The minimum atomic E-state index is -2.14. The summed E-state index contributed by atoms with van der Waals surface area (Å²) in [6.07, 6.45) is 0. The molecule has 1 radical (unpaired) electrons. The Bertz CT molecular complexity index is 448. The van der Waals surface area contributed by atoms with E-state index in [9.17, 15) is 0 Å². The summed E-state index contributed by atoms with van der Waals surface area (Å²) < 4.78 is 2.78. The van der Waals surface area contributed by atoms with E-state index in [0.717, 1.165) is 0 Å². The van der Waals surface area contributed by atoms with Crippen LogP contribution in [0.4, 0.5) is 0 Å². The van der Waals surface area contributed by atoms with Gasteiger partial charge in [-0.05, 0) is 0 Å². The summed E-state index contributed by atoms with van der Waals surface area (Å²) in [5.74, 6) is 0. The molecule has 0 saturated carbocycles. The average Bonchev–Trinajstić information content (AvgIpc) is 2.29. The third kappa shape index (κ3) is 2.44. The fraction of sp³-hybridized carbons (Fsp3) is 0.143. The summed E-state index contributed by atoms with van der Waals surface area (Å²) in [6, 6.07) is 17.0. The molecule has 0 nitrogen and oxygen atoms in total. The topological polar surface area (TPSA) is 0 Å². The predicted molar refractivity (Wildman–Crippen MR) is 73.2 cm³/mol. The van der Waals surface area contributed by atoms with Crippen molar-refractivity contribution in [2.75, 3.05) is 0 Å². The van der Waals surface area contributed by atoms with Crippen LogP contribution in [0.3, 0.4) is 0 Å². The zero-order chi connectivity index (χ0) is 11.5. The van der Waals surface area contributed by atoms with Gasteiger partial charge in [0.1, 0.15) is 0 Å². The summed E-state index contributed by atoms with van der Waals surface area (Å²) in [5, 5.41) is 0. The van der Waals surface area contributed by atoms with E-state index in [1.54, 1.807) is 0 Å². The van der Waals surface area contributed by atoms with Crippen molar-refractivity contribution >= 4 is 34.7 Å². The van der Waals surface area contributed by atoms with Gasteiger partial charge in [0.2, 0.25) is 0 Å². The quantitative estimate of drug-likeness (QED) is 0.740. The average molecular weight is 336 g/mol. The Kier molecular flexibility index (Phi) is 3.93. The van der Waals surface area contributed by atoms with Crippen molar-refractivity contribution in [2.45, 2.75) is 13.8 Å². The van der Waals surface area contributed by atoms with Gasteiger partial charge in [0, 0.05) is 0 Å². The Labute approximate surface area is 108 Å². The molecule has 0 aliphatic carbocycles. The van der Waals surface area contributed by atoms with Crippen LogP contribution < -0.4 is 7.16 Å². The van der Waals surface area contributed by atoms with Gasteiger partial charge >= 0.3 is 108 Å². The fourth-order valence-corrected chi connectivity index (χ4v) is 9.29. The summed E-state index contributed by atoms with van der Waals surface area (Å²) >= 11 is -2.14. The fourth-order valence-electron chi connectivity index (χ4n) is 1.78. The van der Waals surface area contributed by atoms with Gasteiger partial charge in [0.05, 0.1) is 0 Å². The van der Waals surface area contributed by atoms with E-state index < -0.39 is 18.6 Å². The molecule has 16 heavy (non-hydrogen) atoms. The van der Waals surface area contributed by atoms with Crippen molar-refractivity contribution in [2.24, 2.45) is 0 Å². The standard InChI is InChI=1S/2C7H7.ClH.Sn/c2*1-7-5-3-2-4-6-7;;/h2*2-5H,1H3;1H;/q;;;+1/p-1. The molecule has 2 aromatic carbocycles. The first-order chi connectivity index (χ1) is 7.70. The number of hydrogen-bond donors (Lipinski definition) is 0. The number of halogens is 1. The second-order valence-electron chi connectivity index (χ2n) is 3.94. The number of rotatable bonds is 2. The third-order valence-corrected chi connectivity index (χ3v) is 11.4. The first-order valence-electron chi connectivity index (χ1n) is 5.34. The molecule has 0 atom stereocenters. The molecular formula is C14H14ClSn. The second-order valence-corrected chi connectivity index (χ2v) is 11.3. The van der Waals surface area contributed by atoms with Gasteiger partial charge in [-0.25, -0.2) is 0 Å². The molecule has 81 valence electrons. The van der Waals surface area contributed by atoms with E-state index in [2.05, 4.69) is 62.4 Å². The molecule has 0 N–H and O–H groups in total. The van der Waals surface area contributed by atoms with Crippen molar-refractivity contribution in [3.8, 4) is 0 Å². The molecule has 0 aromatic heterocycles. The molecule has 0 aliphatic rings. The summed E-state index contributed by atoms with van der Waals surface area (Å²) in [7, 11) is 6.74. The first-order valence-corrected chi connectivity index (χ1v) is 11.8. The summed E-state index contributed by atoms with van der Waals surface area (Å²) in [6.45, 7) is 4.30. The molecule has 0 bridgehead atoms. The van der Waals surface area contributed by atoms with E-state index in [0.29, 0.717) is 0 Å². The Morgan fingerprint density at radius 2 is 1.12 bits per heavy atom. The van der Waals surface area contributed by atoms with Crippen molar-refractivity contribution < 1.29 is 0 Å². The van der Waals surface area contributed by atoms with Gasteiger partial charge in [-0.2, -0.15) is 0 Å². The molecule has 2 aromatic rings. The molecule has 0 aliphatic heterocycles. The van der Waals surface area contributed by atoms with Crippen LogP contribution in [0.1, 0.15) is 11.1 Å². The van der Waals surface area contributed by atoms with Gasteiger partial charge in [0.25, 0.3) is 0 Å². The molecule has 0 fully saturated rings. The monoisotopic (exact) mass is 337 g/mol. The van der Waals surface area contributed by atoms with E-state index in [1.165, 1.54) is 18.3 Å². The Balaban J connectivity index is 2.44. The zero-order valence-electron chi connectivity index (χ0n) is 9.50. The van der Waals surface area contributed by atoms with Crippen molar-refractivity contribution in [3.63, 3.8) is 0 Å². The summed E-state index contributed by atoms with van der Waals surface area (Å²) in [4.78, 5) is 0. The van der Waals surface area contributed by atoms with Crippen molar-refractivity contribution in [1.29, 1.82) is 0 Å². The van der Waals surface area contributed by atoms with Crippen LogP contribution in [0.15, 0.2) is 48.5 Å². The SMILES string of the molecule is Cc1cccc[c]1[Sn]([Cl])[c]1ccccc1C. The molecule has 0 saturated heterocycles. The van der Waals surface area contributed by atoms with Crippen LogP contribution in [0.25, 0.3) is 0 Å². The van der Waals surface area contributed by atoms with E-state index in [-0.39, 0.29) is 0 Å². The van der Waals surface area contributed by atoms with E-state index in [1.807, 2.05) is 0 Å². The molecule has 0 heterocycles. The van der Waals surface area contributed by atoms with Crippen LogP contribution >= 0.6 is 8.92 Å². The third-order valence-electron chi connectivity index (χ3n) is 2.76. The molecule has 0 amide bonds. The molecule has 0 unspecified atom stereocenters. The number of aryl methyl sites for hydroxylation is 2.